The largest absolute Gasteiger partial charge is 0.355 e. The summed E-state index contributed by atoms with van der Waals surface area (Å²) in [5.41, 5.74) is 0. The first-order chi connectivity index (χ1) is 6.36. The lowest BCUT2D eigenvalue weighted by Crippen LogP contribution is -2.30. The molecule has 3 nitrogen and oxygen atoms in total. The van der Waals surface area contributed by atoms with E-state index in [0.29, 0.717) is 5.15 Å². The van der Waals surface area contributed by atoms with Crippen molar-refractivity contribution in [3.05, 3.63) is 17.3 Å². The fraction of sp³-hybridized carbons (Fsp3) is 0.556. The van der Waals surface area contributed by atoms with Crippen molar-refractivity contribution in [3.63, 3.8) is 0 Å². The predicted molar refractivity (Wildman–Crippen MR) is 60.4 cm³/mol. The van der Waals surface area contributed by atoms with E-state index in [-0.39, 0.29) is 12.4 Å². The molecule has 5 heteroatoms. The van der Waals surface area contributed by atoms with Crippen LogP contribution in [0.3, 0.4) is 0 Å². The molecular weight excluding hydrogens is 221 g/mol. The molecule has 0 bridgehead atoms. The number of hydrogen-bond donors (Lipinski definition) is 0. The van der Waals surface area contributed by atoms with E-state index in [4.69, 9.17) is 11.6 Å². The van der Waals surface area contributed by atoms with Gasteiger partial charge in [-0.25, -0.2) is 0 Å². The third-order valence-corrected chi connectivity index (χ3v) is 2.50. The van der Waals surface area contributed by atoms with Crippen molar-refractivity contribution in [3.8, 4) is 0 Å². The fourth-order valence-electron chi connectivity index (χ4n) is 1.60. The first-order valence-corrected chi connectivity index (χ1v) is 4.98. The number of aromatic nitrogens is 2. The minimum atomic E-state index is 0. The molecule has 0 aromatic carbocycles. The summed E-state index contributed by atoms with van der Waals surface area (Å²) >= 11 is 5.66. The highest BCUT2D eigenvalue weighted by atomic mass is 35.5. The summed E-state index contributed by atoms with van der Waals surface area (Å²) in [6.07, 6.45) is 3.84. The van der Waals surface area contributed by atoms with Gasteiger partial charge >= 0.3 is 0 Å². The molecule has 0 radical (unpaired) electrons. The van der Waals surface area contributed by atoms with Crippen molar-refractivity contribution >= 4 is 29.8 Å². The number of anilines is 1. The molecule has 1 aromatic heterocycles. The lowest BCUT2D eigenvalue weighted by molar-refractivity contribution is 0.571. The summed E-state index contributed by atoms with van der Waals surface area (Å²) in [6.45, 7) is 2.19. The van der Waals surface area contributed by atoms with Gasteiger partial charge in [0.05, 0.1) is 0 Å². The topological polar surface area (TPSA) is 29.0 Å². The van der Waals surface area contributed by atoms with Gasteiger partial charge in [0.15, 0.2) is 11.0 Å². The molecule has 1 aromatic rings. The first-order valence-electron chi connectivity index (χ1n) is 4.60. The third-order valence-electron chi connectivity index (χ3n) is 2.30. The fourth-order valence-corrected chi connectivity index (χ4v) is 1.70. The minimum Gasteiger partial charge on any atom is -0.355 e. The van der Waals surface area contributed by atoms with E-state index in [1.165, 1.54) is 19.3 Å². The monoisotopic (exact) mass is 233 g/mol. The molecule has 0 spiro atoms. The van der Waals surface area contributed by atoms with Crippen molar-refractivity contribution in [2.45, 2.75) is 19.3 Å². The van der Waals surface area contributed by atoms with Gasteiger partial charge in [0.1, 0.15) is 0 Å². The van der Waals surface area contributed by atoms with E-state index in [2.05, 4.69) is 15.1 Å². The lowest BCUT2D eigenvalue weighted by Gasteiger charge is -2.26. The maximum Gasteiger partial charge on any atom is 0.151 e. The molecular formula is C9H13Cl2N3. The van der Waals surface area contributed by atoms with Crippen molar-refractivity contribution in [2.24, 2.45) is 0 Å². The van der Waals surface area contributed by atoms with Gasteiger partial charge in [-0.05, 0) is 31.4 Å². The van der Waals surface area contributed by atoms with Crippen LogP contribution in [-0.2, 0) is 0 Å². The molecule has 0 saturated carbocycles. The SMILES string of the molecule is Cl.Clc1ccc(N2CCCCC2)nn1. The van der Waals surface area contributed by atoms with E-state index in [1.54, 1.807) is 6.07 Å². The second-order valence-corrected chi connectivity index (χ2v) is 3.65. The van der Waals surface area contributed by atoms with Crippen LogP contribution in [0.2, 0.25) is 5.15 Å². The van der Waals surface area contributed by atoms with Crippen LogP contribution in [0.1, 0.15) is 19.3 Å². The molecule has 0 amide bonds. The Morgan fingerprint density at radius 1 is 1.07 bits per heavy atom. The zero-order valence-corrected chi connectivity index (χ0v) is 9.39. The van der Waals surface area contributed by atoms with Crippen LogP contribution < -0.4 is 4.90 Å². The van der Waals surface area contributed by atoms with Gasteiger partial charge in [0, 0.05) is 13.1 Å². The molecule has 0 N–H and O–H groups in total. The Balaban J connectivity index is 0.000000980. The van der Waals surface area contributed by atoms with Gasteiger partial charge in [-0.2, -0.15) is 0 Å². The summed E-state index contributed by atoms with van der Waals surface area (Å²) in [6, 6.07) is 3.72. The maximum absolute atomic E-state index is 5.66. The average Bonchev–Trinajstić information content (AvgIpc) is 2.20. The molecule has 2 rings (SSSR count). The van der Waals surface area contributed by atoms with E-state index in [9.17, 15) is 0 Å². The molecule has 1 aliphatic rings. The lowest BCUT2D eigenvalue weighted by atomic mass is 10.1. The Hall–Kier alpha value is -0.540. The Labute approximate surface area is 94.9 Å². The predicted octanol–water partition coefficient (Wildman–Crippen LogP) is 2.54. The maximum atomic E-state index is 5.66. The number of nitrogens with zero attached hydrogens (tertiary/aromatic N) is 3. The summed E-state index contributed by atoms with van der Waals surface area (Å²) < 4.78 is 0. The van der Waals surface area contributed by atoms with Crippen LogP contribution in [0.5, 0.6) is 0 Å². The molecule has 0 unspecified atom stereocenters. The second-order valence-electron chi connectivity index (χ2n) is 3.26. The molecule has 14 heavy (non-hydrogen) atoms. The number of piperidine rings is 1. The van der Waals surface area contributed by atoms with Crippen LogP contribution in [0.15, 0.2) is 12.1 Å². The summed E-state index contributed by atoms with van der Waals surface area (Å²) in [7, 11) is 0. The molecule has 1 saturated heterocycles. The highest BCUT2D eigenvalue weighted by Gasteiger charge is 2.11. The summed E-state index contributed by atoms with van der Waals surface area (Å²) in [5.74, 6) is 0.948. The Morgan fingerprint density at radius 3 is 2.36 bits per heavy atom. The molecule has 0 aliphatic carbocycles. The standard InChI is InChI=1S/C9H12ClN3.ClH/c10-8-4-5-9(12-11-8)13-6-2-1-3-7-13;/h4-5H,1-3,6-7H2;1H. The van der Waals surface area contributed by atoms with E-state index in [0.717, 1.165) is 18.9 Å². The molecule has 1 aliphatic heterocycles. The van der Waals surface area contributed by atoms with Crippen LogP contribution in [0.25, 0.3) is 0 Å². The quantitative estimate of drug-likeness (QED) is 0.747. The molecule has 1 fully saturated rings. The Morgan fingerprint density at radius 2 is 1.79 bits per heavy atom. The highest BCUT2D eigenvalue weighted by molar-refractivity contribution is 6.29. The average molecular weight is 234 g/mol. The van der Waals surface area contributed by atoms with Gasteiger partial charge in [-0.3, -0.25) is 0 Å². The zero-order valence-electron chi connectivity index (χ0n) is 7.82. The summed E-state index contributed by atoms with van der Waals surface area (Å²) in [4.78, 5) is 2.26. The van der Waals surface area contributed by atoms with Crippen molar-refractivity contribution in [1.29, 1.82) is 0 Å². The third kappa shape index (κ3) is 2.72. The van der Waals surface area contributed by atoms with E-state index in [1.807, 2.05) is 6.07 Å². The van der Waals surface area contributed by atoms with Gasteiger partial charge in [-0.1, -0.05) is 11.6 Å². The Kier molecular flexibility index (Phi) is 4.42. The zero-order chi connectivity index (χ0) is 9.10. The molecule has 78 valence electrons. The number of rotatable bonds is 1. The van der Waals surface area contributed by atoms with Crippen molar-refractivity contribution in [2.75, 3.05) is 18.0 Å². The van der Waals surface area contributed by atoms with Crippen LogP contribution >= 0.6 is 24.0 Å². The van der Waals surface area contributed by atoms with Gasteiger partial charge in [0.2, 0.25) is 0 Å². The van der Waals surface area contributed by atoms with Crippen LogP contribution in [0.4, 0.5) is 5.82 Å². The smallest absolute Gasteiger partial charge is 0.151 e. The van der Waals surface area contributed by atoms with E-state index < -0.39 is 0 Å². The van der Waals surface area contributed by atoms with Gasteiger partial charge in [-0.15, -0.1) is 22.6 Å². The van der Waals surface area contributed by atoms with Crippen LogP contribution in [-0.4, -0.2) is 23.3 Å². The normalized spacial score (nSPS) is 16.2. The Bertz CT molecular complexity index is 270. The number of hydrogen-bond acceptors (Lipinski definition) is 3. The molecule has 2 heterocycles. The van der Waals surface area contributed by atoms with E-state index >= 15 is 0 Å². The minimum absolute atomic E-state index is 0. The van der Waals surface area contributed by atoms with Crippen molar-refractivity contribution in [1.82, 2.24) is 10.2 Å². The van der Waals surface area contributed by atoms with Gasteiger partial charge < -0.3 is 4.90 Å². The number of halogens is 2. The second kappa shape index (κ2) is 5.37. The van der Waals surface area contributed by atoms with Crippen molar-refractivity contribution < 1.29 is 0 Å². The van der Waals surface area contributed by atoms with Crippen LogP contribution in [0, 0.1) is 0 Å². The highest BCUT2D eigenvalue weighted by Crippen LogP contribution is 2.17. The first kappa shape index (κ1) is 11.5. The molecule has 0 atom stereocenters. The summed E-state index contributed by atoms with van der Waals surface area (Å²) in [5, 5.41) is 8.33. The van der Waals surface area contributed by atoms with Gasteiger partial charge in [0.25, 0.3) is 0 Å².